The molecule has 1 fully saturated rings. The molecule has 2 rings (SSSR count). The summed E-state index contributed by atoms with van der Waals surface area (Å²) < 4.78 is 0. The van der Waals surface area contributed by atoms with Crippen LogP contribution in [0.1, 0.15) is 19.8 Å². The van der Waals surface area contributed by atoms with Gasteiger partial charge in [-0.1, -0.05) is 6.92 Å². The van der Waals surface area contributed by atoms with Gasteiger partial charge in [0.15, 0.2) is 5.82 Å². The van der Waals surface area contributed by atoms with Crippen LogP contribution in [0.15, 0.2) is 18.3 Å². The number of nitrogens with zero attached hydrogens (tertiary/aromatic N) is 3. The van der Waals surface area contributed by atoms with Crippen LogP contribution in [0.5, 0.6) is 0 Å². The lowest BCUT2D eigenvalue weighted by molar-refractivity contribution is 0.347. The molecule has 0 bridgehead atoms. The smallest absolute Gasteiger partial charge is 0.151 e. The van der Waals surface area contributed by atoms with Crippen LogP contribution in [-0.4, -0.2) is 29.3 Å². The molecule has 4 heteroatoms. The molecule has 0 saturated carbocycles. The normalized spacial score (nSPS) is 26.7. The van der Waals surface area contributed by atoms with E-state index in [9.17, 15) is 0 Å². The van der Waals surface area contributed by atoms with Gasteiger partial charge in [-0.25, -0.2) is 0 Å². The highest BCUT2D eigenvalue weighted by molar-refractivity contribution is 5.38. The van der Waals surface area contributed by atoms with Gasteiger partial charge in [-0.15, -0.1) is 5.10 Å². The monoisotopic (exact) mass is 206 g/mol. The van der Waals surface area contributed by atoms with E-state index in [4.69, 9.17) is 5.73 Å². The first-order valence-electron chi connectivity index (χ1n) is 5.57. The number of aromatic nitrogens is 2. The summed E-state index contributed by atoms with van der Waals surface area (Å²) in [7, 11) is 0. The van der Waals surface area contributed by atoms with Gasteiger partial charge in [-0.05, 0) is 30.9 Å². The third-order valence-corrected chi connectivity index (χ3v) is 3.21. The average Bonchev–Trinajstić information content (AvgIpc) is 2.30. The highest BCUT2D eigenvalue weighted by Crippen LogP contribution is 2.26. The Kier molecular flexibility index (Phi) is 3.16. The molecular weight excluding hydrogens is 188 g/mol. The van der Waals surface area contributed by atoms with E-state index in [1.807, 2.05) is 12.1 Å². The Labute approximate surface area is 90.5 Å². The lowest BCUT2D eigenvalue weighted by atomic mass is 9.91. The molecule has 15 heavy (non-hydrogen) atoms. The molecule has 1 aliphatic rings. The van der Waals surface area contributed by atoms with Gasteiger partial charge in [-0.2, -0.15) is 5.10 Å². The summed E-state index contributed by atoms with van der Waals surface area (Å²) in [6.45, 7) is 4.00. The molecule has 82 valence electrons. The fraction of sp³-hybridized carbons (Fsp3) is 0.636. The van der Waals surface area contributed by atoms with Crippen molar-refractivity contribution in [3.63, 3.8) is 0 Å². The third-order valence-electron chi connectivity index (χ3n) is 3.21. The predicted molar refractivity (Wildman–Crippen MR) is 60.6 cm³/mol. The van der Waals surface area contributed by atoms with Gasteiger partial charge in [0.1, 0.15) is 0 Å². The summed E-state index contributed by atoms with van der Waals surface area (Å²) in [5.74, 6) is 1.60. The van der Waals surface area contributed by atoms with Gasteiger partial charge >= 0.3 is 0 Å². The number of hydrogen-bond donors (Lipinski definition) is 1. The van der Waals surface area contributed by atoms with Crippen molar-refractivity contribution in [3.8, 4) is 0 Å². The summed E-state index contributed by atoms with van der Waals surface area (Å²) in [5.41, 5.74) is 5.83. The number of piperidine rings is 1. The summed E-state index contributed by atoms with van der Waals surface area (Å²) >= 11 is 0. The number of hydrogen-bond acceptors (Lipinski definition) is 4. The summed E-state index contributed by atoms with van der Waals surface area (Å²) in [6, 6.07) is 4.35. The number of nitrogens with two attached hydrogens (primary N) is 1. The van der Waals surface area contributed by atoms with Crippen molar-refractivity contribution in [1.29, 1.82) is 0 Å². The van der Waals surface area contributed by atoms with E-state index in [-0.39, 0.29) is 0 Å². The minimum Gasteiger partial charge on any atom is -0.351 e. The number of anilines is 1. The molecule has 1 aromatic rings. The molecule has 0 spiro atoms. The molecule has 0 radical (unpaired) electrons. The maximum absolute atomic E-state index is 5.83. The first kappa shape index (κ1) is 10.4. The summed E-state index contributed by atoms with van der Waals surface area (Å²) in [4.78, 5) is 2.29. The average molecular weight is 206 g/mol. The highest BCUT2D eigenvalue weighted by atomic mass is 15.3. The minimum absolute atomic E-state index is 0.412. The Hall–Kier alpha value is -1.16. The van der Waals surface area contributed by atoms with Gasteiger partial charge < -0.3 is 10.6 Å². The van der Waals surface area contributed by atoms with Crippen LogP contribution in [0.3, 0.4) is 0 Å². The molecule has 1 aromatic heterocycles. The van der Waals surface area contributed by atoms with E-state index in [0.29, 0.717) is 18.5 Å². The molecule has 2 heterocycles. The third kappa shape index (κ3) is 2.09. The Morgan fingerprint density at radius 2 is 2.47 bits per heavy atom. The van der Waals surface area contributed by atoms with Crippen LogP contribution in [-0.2, 0) is 0 Å². The van der Waals surface area contributed by atoms with Crippen LogP contribution in [0.2, 0.25) is 0 Å². The predicted octanol–water partition coefficient (Wildman–Crippen LogP) is 1.04. The van der Waals surface area contributed by atoms with Crippen LogP contribution in [0, 0.1) is 5.92 Å². The van der Waals surface area contributed by atoms with E-state index >= 15 is 0 Å². The Morgan fingerprint density at radius 3 is 3.13 bits per heavy atom. The van der Waals surface area contributed by atoms with Crippen LogP contribution >= 0.6 is 0 Å². The van der Waals surface area contributed by atoms with E-state index < -0.39 is 0 Å². The van der Waals surface area contributed by atoms with Crippen molar-refractivity contribution in [3.05, 3.63) is 18.3 Å². The van der Waals surface area contributed by atoms with Crippen molar-refractivity contribution in [2.45, 2.75) is 25.8 Å². The molecule has 2 N–H and O–H groups in total. The SMILES string of the molecule is CC1CCCN(c2cccnn2)C1CN. The van der Waals surface area contributed by atoms with Gasteiger partial charge in [0.2, 0.25) is 0 Å². The fourth-order valence-electron chi connectivity index (χ4n) is 2.34. The van der Waals surface area contributed by atoms with Gasteiger partial charge in [0.25, 0.3) is 0 Å². The fourth-order valence-corrected chi connectivity index (χ4v) is 2.34. The van der Waals surface area contributed by atoms with Crippen LogP contribution in [0.4, 0.5) is 5.82 Å². The molecule has 4 nitrogen and oxygen atoms in total. The molecule has 1 saturated heterocycles. The maximum atomic E-state index is 5.83. The molecule has 0 amide bonds. The van der Waals surface area contributed by atoms with E-state index in [2.05, 4.69) is 22.0 Å². The number of rotatable bonds is 2. The first-order valence-corrected chi connectivity index (χ1v) is 5.57. The van der Waals surface area contributed by atoms with Crippen molar-refractivity contribution in [2.75, 3.05) is 18.0 Å². The Bertz CT molecular complexity index is 301. The topological polar surface area (TPSA) is 55.0 Å². The zero-order valence-electron chi connectivity index (χ0n) is 9.13. The molecule has 0 aromatic carbocycles. The maximum Gasteiger partial charge on any atom is 0.151 e. The lowest BCUT2D eigenvalue weighted by Crippen LogP contribution is -2.49. The zero-order chi connectivity index (χ0) is 10.7. The van der Waals surface area contributed by atoms with Crippen molar-refractivity contribution < 1.29 is 0 Å². The molecule has 2 unspecified atom stereocenters. The molecule has 1 aliphatic heterocycles. The quantitative estimate of drug-likeness (QED) is 0.785. The second kappa shape index (κ2) is 4.57. The van der Waals surface area contributed by atoms with Crippen molar-refractivity contribution >= 4 is 5.82 Å². The van der Waals surface area contributed by atoms with E-state index in [0.717, 1.165) is 12.4 Å². The Morgan fingerprint density at radius 1 is 1.60 bits per heavy atom. The zero-order valence-corrected chi connectivity index (χ0v) is 9.13. The molecule has 2 atom stereocenters. The van der Waals surface area contributed by atoms with Gasteiger partial charge in [0.05, 0.1) is 0 Å². The largest absolute Gasteiger partial charge is 0.351 e. The highest BCUT2D eigenvalue weighted by Gasteiger charge is 2.28. The molecule has 0 aliphatic carbocycles. The molecular formula is C11H18N4. The first-order chi connectivity index (χ1) is 7.33. The second-order valence-corrected chi connectivity index (χ2v) is 4.20. The second-order valence-electron chi connectivity index (χ2n) is 4.20. The van der Waals surface area contributed by atoms with Crippen LogP contribution < -0.4 is 10.6 Å². The van der Waals surface area contributed by atoms with Gasteiger partial charge in [-0.3, -0.25) is 0 Å². The van der Waals surface area contributed by atoms with Crippen molar-refractivity contribution in [2.24, 2.45) is 11.7 Å². The van der Waals surface area contributed by atoms with Crippen molar-refractivity contribution in [1.82, 2.24) is 10.2 Å². The lowest BCUT2D eigenvalue weighted by Gasteiger charge is -2.39. The minimum atomic E-state index is 0.412. The van der Waals surface area contributed by atoms with E-state index in [1.54, 1.807) is 6.20 Å². The summed E-state index contributed by atoms with van der Waals surface area (Å²) in [5, 5.41) is 8.08. The standard InChI is InChI=1S/C11H18N4/c1-9-4-3-7-15(10(9)8-12)11-5-2-6-13-14-11/h2,5-6,9-10H,3-4,7-8,12H2,1H3. The van der Waals surface area contributed by atoms with Crippen LogP contribution in [0.25, 0.3) is 0 Å². The Balaban J connectivity index is 2.19. The van der Waals surface area contributed by atoms with E-state index in [1.165, 1.54) is 12.8 Å². The van der Waals surface area contributed by atoms with Gasteiger partial charge in [0, 0.05) is 25.3 Å². The summed E-state index contributed by atoms with van der Waals surface area (Å²) in [6.07, 6.45) is 4.18.